The molecule has 3 aliphatic carbocycles. The predicted molar refractivity (Wildman–Crippen MR) is 148 cm³/mol. The molecule has 2 aromatic carbocycles. The summed E-state index contributed by atoms with van der Waals surface area (Å²) in [6, 6.07) is 15.6. The Hall–Kier alpha value is -2.10. The number of aryl methyl sites for hydroxylation is 1. The number of fused-ring (bicyclic) bond motifs is 3. The fraction of sp³-hybridized carbons (Fsp3) is 0.562. The molecule has 5 rings (SSSR count). The number of nitrogens with zero attached hydrogens (tertiary/aromatic N) is 2. The van der Waals surface area contributed by atoms with E-state index in [-0.39, 0.29) is 5.41 Å². The van der Waals surface area contributed by atoms with E-state index < -0.39 is 0 Å². The summed E-state index contributed by atoms with van der Waals surface area (Å²) in [4.78, 5) is 0. The van der Waals surface area contributed by atoms with Gasteiger partial charge in [0.2, 0.25) is 0 Å². The zero-order valence-electron chi connectivity index (χ0n) is 21.6. The minimum absolute atomic E-state index is 0.0748. The third-order valence-corrected chi connectivity index (χ3v) is 9.86. The van der Waals surface area contributed by atoms with Gasteiger partial charge in [-0.05, 0) is 91.4 Å². The average molecular weight is 532 g/mol. The monoisotopic (exact) mass is 530 g/mol. The molecule has 0 aromatic heterocycles. The third-order valence-electron chi connectivity index (χ3n) is 9.13. The van der Waals surface area contributed by atoms with Gasteiger partial charge in [-0.2, -0.15) is 10.5 Å². The van der Waals surface area contributed by atoms with E-state index in [0.717, 1.165) is 46.8 Å². The molecule has 0 atom stereocenters. The number of hydrogen-bond acceptors (Lipinski definition) is 2. The molecule has 2 nitrogen and oxygen atoms in total. The Labute approximate surface area is 220 Å². The maximum absolute atomic E-state index is 10.3. The van der Waals surface area contributed by atoms with Crippen molar-refractivity contribution in [3.63, 3.8) is 0 Å². The normalized spacial score (nSPS) is 23.1. The van der Waals surface area contributed by atoms with Gasteiger partial charge in [-0.3, -0.25) is 0 Å². The van der Waals surface area contributed by atoms with E-state index in [2.05, 4.69) is 72.2 Å². The van der Waals surface area contributed by atoms with Crippen LogP contribution in [0.1, 0.15) is 120 Å². The van der Waals surface area contributed by atoms with E-state index in [4.69, 9.17) is 0 Å². The Kier molecular flexibility index (Phi) is 8.39. The molecule has 0 saturated heterocycles. The van der Waals surface area contributed by atoms with Crippen LogP contribution in [0.25, 0.3) is 11.1 Å². The van der Waals surface area contributed by atoms with Crippen molar-refractivity contribution >= 4 is 15.9 Å². The fourth-order valence-electron chi connectivity index (χ4n) is 6.79. The minimum Gasteiger partial charge on any atom is -0.192 e. The van der Waals surface area contributed by atoms with Crippen molar-refractivity contribution in [3.8, 4) is 23.3 Å². The summed E-state index contributed by atoms with van der Waals surface area (Å²) in [6.45, 7) is 4.51. The van der Waals surface area contributed by atoms with Crippen molar-refractivity contribution in [2.75, 3.05) is 0 Å². The maximum atomic E-state index is 10.3. The molecule has 35 heavy (non-hydrogen) atoms. The summed E-state index contributed by atoms with van der Waals surface area (Å²) >= 11 is 3.76. The van der Waals surface area contributed by atoms with Gasteiger partial charge in [-0.25, -0.2) is 0 Å². The Morgan fingerprint density at radius 3 is 2.06 bits per heavy atom. The van der Waals surface area contributed by atoms with Crippen LogP contribution in [-0.4, -0.2) is 0 Å². The average Bonchev–Trinajstić information content (AvgIpc) is 2.90. The number of benzene rings is 2. The molecule has 0 radical (unpaired) electrons. The molecule has 0 aliphatic heterocycles. The van der Waals surface area contributed by atoms with E-state index in [1.165, 1.54) is 69.8 Å². The van der Waals surface area contributed by atoms with Gasteiger partial charge in [0.1, 0.15) is 12.1 Å². The SMILES string of the molecule is CCCCCc1ccc(-c2ccc(C34CCC(CCCCC)(CC3)CC4)c(C#N)c2C#N)cc1Br. The van der Waals surface area contributed by atoms with Gasteiger partial charge < -0.3 is 0 Å². The van der Waals surface area contributed by atoms with Crippen molar-refractivity contribution in [2.24, 2.45) is 5.41 Å². The molecule has 2 bridgehead atoms. The molecule has 0 N–H and O–H groups in total. The van der Waals surface area contributed by atoms with Gasteiger partial charge >= 0.3 is 0 Å². The van der Waals surface area contributed by atoms with Crippen LogP contribution in [0.5, 0.6) is 0 Å². The van der Waals surface area contributed by atoms with Gasteiger partial charge in [0.25, 0.3) is 0 Å². The quantitative estimate of drug-likeness (QED) is 0.287. The highest BCUT2D eigenvalue weighted by atomic mass is 79.9. The lowest BCUT2D eigenvalue weighted by Gasteiger charge is -2.54. The first-order chi connectivity index (χ1) is 17.0. The lowest BCUT2D eigenvalue weighted by molar-refractivity contribution is 0.0304. The topological polar surface area (TPSA) is 47.6 Å². The Morgan fingerprint density at radius 2 is 1.46 bits per heavy atom. The molecular formula is C32H39BrN2. The molecular weight excluding hydrogens is 492 g/mol. The first-order valence-corrected chi connectivity index (χ1v) is 14.6. The Bertz CT molecular complexity index is 1110. The van der Waals surface area contributed by atoms with Gasteiger partial charge in [0.15, 0.2) is 0 Å². The molecule has 0 unspecified atom stereocenters. The number of unbranched alkanes of at least 4 members (excludes halogenated alkanes) is 4. The molecule has 3 saturated carbocycles. The van der Waals surface area contributed by atoms with Crippen molar-refractivity contribution in [2.45, 2.75) is 109 Å². The summed E-state index contributed by atoms with van der Waals surface area (Å²) in [6.07, 6.45) is 17.4. The van der Waals surface area contributed by atoms with Crippen LogP contribution >= 0.6 is 15.9 Å². The molecule has 0 heterocycles. The highest BCUT2D eigenvalue weighted by Gasteiger charge is 2.49. The standard InChI is InChI=1S/C32H39BrN2/c1-3-5-7-9-24-10-11-25(21-30(24)33)26-12-13-29(28(23-35)27(26)22-34)32-18-15-31(16-19-32,17-20-32)14-8-6-4-2/h10-13,21H,3-9,14-20H2,1-2H3. The summed E-state index contributed by atoms with van der Waals surface area (Å²) in [5.74, 6) is 0. The first-order valence-electron chi connectivity index (χ1n) is 13.8. The van der Waals surface area contributed by atoms with E-state index in [1.807, 2.05) is 0 Å². The second-order valence-corrected chi connectivity index (χ2v) is 12.0. The summed E-state index contributed by atoms with van der Waals surface area (Å²) < 4.78 is 1.09. The van der Waals surface area contributed by atoms with Gasteiger partial charge in [-0.1, -0.05) is 86.1 Å². The van der Waals surface area contributed by atoms with E-state index >= 15 is 0 Å². The summed E-state index contributed by atoms with van der Waals surface area (Å²) in [5, 5.41) is 20.5. The van der Waals surface area contributed by atoms with Crippen LogP contribution in [0, 0.1) is 28.1 Å². The molecule has 3 fully saturated rings. The van der Waals surface area contributed by atoms with E-state index in [9.17, 15) is 10.5 Å². The highest BCUT2D eigenvalue weighted by molar-refractivity contribution is 9.10. The van der Waals surface area contributed by atoms with Gasteiger partial charge in [0.05, 0.1) is 11.1 Å². The maximum Gasteiger partial charge on any atom is 0.101 e. The second-order valence-electron chi connectivity index (χ2n) is 11.1. The smallest absolute Gasteiger partial charge is 0.101 e. The second kappa shape index (κ2) is 11.3. The number of halogens is 1. The number of hydrogen-bond donors (Lipinski definition) is 0. The highest BCUT2D eigenvalue weighted by Crippen LogP contribution is 2.60. The minimum atomic E-state index is 0.0748. The van der Waals surface area contributed by atoms with E-state index in [0.29, 0.717) is 16.5 Å². The summed E-state index contributed by atoms with van der Waals surface area (Å²) in [7, 11) is 0. The zero-order valence-corrected chi connectivity index (χ0v) is 23.1. The van der Waals surface area contributed by atoms with Crippen molar-refractivity contribution < 1.29 is 0 Å². The molecule has 184 valence electrons. The lowest BCUT2D eigenvalue weighted by Crippen LogP contribution is -2.44. The van der Waals surface area contributed by atoms with Crippen LogP contribution in [0.3, 0.4) is 0 Å². The molecule has 3 aliphatic rings. The fourth-order valence-corrected chi connectivity index (χ4v) is 7.37. The Balaban J connectivity index is 1.62. The molecule has 0 spiro atoms. The van der Waals surface area contributed by atoms with Crippen LogP contribution in [0.4, 0.5) is 0 Å². The Morgan fingerprint density at radius 1 is 0.800 bits per heavy atom. The van der Waals surface area contributed by atoms with Crippen LogP contribution < -0.4 is 0 Å². The lowest BCUT2D eigenvalue weighted by atomic mass is 9.50. The summed E-state index contributed by atoms with van der Waals surface area (Å²) in [5.41, 5.74) is 6.11. The predicted octanol–water partition coefficient (Wildman–Crippen LogP) is 9.76. The van der Waals surface area contributed by atoms with E-state index in [1.54, 1.807) is 0 Å². The van der Waals surface area contributed by atoms with Crippen LogP contribution in [-0.2, 0) is 11.8 Å². The van der Waals surface area contributed by atoms with Crippen LogP contribution in [0.2, 0.25) is 0 Å². The van der Waals surface area contributed by atoms with Crippen molar-refractivity contribution in [1.82, 2.24) is 0 Å². The van der Waals surface area contributed by atoms with Crippen molar-refractivity contribution in [3.05, 3.63) is 57.1 Å². The molecule has 3 heteroatoms. The third kappa shape index (κ3) is 5.22. The van der Waals surface area contributed by atoms with Crippen LogP contribution in [0.15, 0.2) is 34.8 Å². The first kappa shape index (κ1) is 26.0. The molecule has 0 amide bonds. The largest absolute Gasteiger partial charge is 0.192 e. The van der Waals surface area contributed by atoms with Gasteiger partial charge in [0, 0.05) is 10.0 Å². The van der Waals surface area contributed by atoms with Crippen molar-refractivity contribution in [1.29, 1.82) is 10.5 Å². The zero-order chi connectivity index (χ0) is 24.9. The number of nitriles is 2. The molecule has 2 aromatic rings. The number of rotatable bonds is 10. The van der Waals surface area contributed by atoms with Gasteiger partial charge in [-0.15, -0.1) is 0 Å².